The molecule has 5 nitrogen and oxygen atoms in total. The SMILES string of the molecule is CN(C1CNC1)S(=O)(=O)N1CCCC1. The second kappa shape index (κ2) is 3.77. The monoisotopic (exact) mass is 219 g/mol. The summed E-state index contributed by atoms with van der Waals surface area (Å²) in [5.74, 6) is 0. The summed E-state index contributed by atoms with van der Waals surface area (Å²) >= 11 is 0. The molecule has 82 valence electrons. The lowest BCUT2D eigenvalue weighted by Gasteiger charge is -2.36. The first kappa shape index (κ1) is 10.4. The maximum Gasteiger partial charge on any atom is 0.282 e. The number of nitrogens with zero attached hydrogens (tertiary/aromatic N) is 2. The molecular weight excluding hydrogens is 202 g/mol. The number of likely N-dealkylation sites (N-methyl/N-ethyl adjacent to an activating group) is 1. The minimum Gasteiger partial charge on any atom is -0.313 e. The molecule has 2 heterocycles. The average Bonchev–Trinajstić information content (AvgIpc) is 2.52. The summed E-state index contributed by atoms with van der Waals surface area (Å²) in [7, 11) is -1.49. The fourth-order valence-electron chi connectivity index (χ4n) is 1.82. The molecule has 2 saturated heterocycles. The van der Waals surface area contributed by atoms with E-state index < -0.39 is 10.2 Å². The Kier molecular flexibility index (Phi) is 2.79. The van der Waals surface area contributed by atoms with E-state index in [9.17, 15) is 8.42 Å². The maximum atomic E-state index is 12.0. The van der Waals surface area contributed by atoms with Crippen LogP contribution in [0.15, 0.2) is 0 Å². The molecule has 0 aromatic rings. The summed E-state index contributed by atoms with van der Waals surface area (Å²) in [6.45, 7) is 2.94. The van der Waals surface area contributed by atoms with Crippen molar-refractivity contribution < 1.29 is 8.42 Å². The molecule has 0 saturated carbocycles. The van der Waals surface area contributed by atoms with Gasteiger partial charge in [-0.05, 0) is 12.8 Å². The largest absolute Gasteiger partial charge is 0.313 e. The van der Waals surface area contributed by atoms with Crippen LogP contribution in [0.1, 0.15) is 12.8 Å². The Bertz CT molecular complexity index is 294. The third-order valence-electron chi connectivity index (χ3n) is 3.03. The Morgan fingerprint density at radius 3 is 2.29 bits per heavy atom. The first-order chi connectivity index (χ1) is 6.62. The van der Waals surface area contributed by atoms with E-state index in [1.807, 2.05) is 0 Å². The normalized spacial score (nSPS) is 25.6. The molecule has 2 rings (SSSR count). The molecule has 2 aliphatic rings. The quantitative estimate of drug-likeness (QED) is 0.678. The number of rotatable bonds is 3. The molecule has 2 fully saturated rings. The maximum absolute atomic E-state index is 12.0. The molecule has 0 amide bonds. The molecule has 0 aromatic carbocycles. The fraction of sp³-hybridized carbons (Fsp3) is 1.00. The van der Waals surface area contributed by atoms with Crippen molar-refractivity contribution in [2.24, 2.45) is 0 Å². The van der Waals surface area contributed by atoms with Gasteiger partial charge in [-0.25, -0.2) is 0 Å². The van der Waals surface area contributed by atoms with Crippen molar-refractivity contribution in [1.82, 2.24) is 13.9 Å². The van der Waals surface area contributed by atoms with E-state index in [2.05, 4.69) is 5.32 Å². The van der Waals surface area contributed by atoms with Crippen LogP contribution in [0.25, 0.3) is 0 Å². The van der Waals surface area contributed by atoms with Crippen molar-refractivity contribution in [1.29, 1.82) is 0 Å². The van der Waals surface area contributed by atoms with Crippen LogP contribution < -0.4 is 5.32 Å². The van der Waals surface area contributed by atoms with Gasteiger partial charge >= 0.3 is 0 Å². The molecule has 14 heavy (non-hydrogen) atoms. The molecule has 1 N–H and O–H groups in total. The van der Waals surface area contributed by atoms with Crippen LogP contribution in [0.2, 0.25) is 0 Å². The predicted molar refractivity (Wildman–Crippen MR) is 54.1 cm³/mol. The van der Waals surface area contributed by atoms with Crippen LogP contribution in [0, 0.1) is 0 Å². The van der Waals surface area contributed by atoms with Crippen LogP contribution in [0.3, 0.4) is 0 Å². The first-order valence-electron chi connectivity index (χ1n) is 5.06. The van der Waals surface area contributed by atoms with Gasteiger partial charge < -0.3 is 5.32 Å². The van der Waals surface area contributed by atoms with Crippen molar-refractivity contribution in [3.8, 4) is 0 Å². The Morgan fingerprint density at radius 1 is 1.29 bits per heavy atom. The summed E-state index contributed by atoms with van der Waals surface area (Å²) < 4.78 is 27.1. The molecule has 0 unspecified atom stereocenters. The molecule has 0 radical (unpaired) electrons. The van der Waals surface area contributed by atoms with Crippen LogP contribution in [-0.4, -0.2) is 56.3 Å². The Hall–Kier alpha value is -0.170. The van der Waals surface area contributed by atoms with Gasteiger partial charge in [-0.15, -0.1) is 0 Å². The van der Waals surface area contributed by atoms with Gasteiger partial charge in [0.1, 0.15) is 0 Å². The van der Waals surface area contributed by atoms with Gasteiger partial charge in [-0.2, -0.15) is 17.0 Å². The standard InChI is InChI=1S/C8H17N3O2S/c1-10(8-6-9-7-8)14(12,13)11-4-2-3-5-11/h8-9H,2-7H2,1H3. The summed E-state index contributed by atoms with van der Waals surface area (Å²) in [5, 5.41) is 3.08. The van der Waals surface area contributed by atoms with Gasteiger partial charge in [0.15, 0.2) is 0 Å². The molecule has 6 heteroatoms. The summed E-state index contributed by atoms with van der Waals surface area (Å²) in [6, 6.07) is 0.153. The van der Waals surface area contributed by atoms with Gasteiger partial charge in [0.25, 0.3) is 10.2 Å². The van der Waals surface area contributed by atoms with Gasteiger partial charge in [-0.3, -0.25) is 0 Å². The van der Waals surface area contributed by atoms with E-state index in [1.54, 1.807) is 11.4 Å². The lowest BCUT2D eigenvalue weighted by Crippen LogP contribution is -2.59. The average molecular weight is 219 g/mol. The Labute approximate surface area is 85.2 Å². The molecule has 0 aromatic heterocycles. The van der Waals surface area contributed by atoms with Gasteiger partial charge in [-0.1, -0.05) is 0 Å². The minimum atomic E-state index is -3.17. The van der Waals surface area contributed by atoms with Crippen molar-refractivity contribution >= 4 is 10.2 Å². The topological polar surface area (TPSA) is 52.7 Å². The molecule has 0 bridgehead atoms. The third-order valence-corrected chi connectivity index (χ3v) is 5.07. The van der Waals surface area contributed by atoms with E-state index in [0.29, 0.717) is 13.1 Å². The van der Waals surface area contributed by atoms with Gasteiger partial charge in [0.05, 0.1) is 6.04 Å². The van der Waals surface area contributed by atoms with Crippen molar-refractivity contribution in [3.05, 3.63) is 0 Å². The Balaban J connectivity index is 2.05. The van der Waals surface area contributed by atoms with Crippen molar-refractivity contribution in [2.45, 2.75) is 18.9 Å². The smallest absolute Gasteiger partial charge is 0.282 e. The third kappa shape index (κ3) is 1.67. The first-order valence-corrected chi connectivity index (χ1v) is 6.46. The highest BCUT2D eigenvalue weighted by Gasteiger charge is 2.35. The van der Waals surface area contributed by atoms with E-state index in [1.165, 1.54) is 4.31 Å². The predicted octanol–water partition coefficient (Wildman–Crippen LogP) is -0.769. The zero-order chi connectivity index (χ0) is 10.2. The number of hydrogen-bond donors (Lipinski definition) is 1. The summed E-state index contributed by atoms with van der Waals surface area (Å²) in [5.41, 5.74) is 0. The second-order valence-electron chi connectivity index (χ2n) is 3.94. The zero-order valence-electron chi connectivity index (χ0n) is 8.44. The van der Waals surface area contributed by atoms with Crippen LogP contribution in [0.4, 0.5) is 0 Å². The lowest BCUT2D eigenvalue weighted by molar-refractivity contribution is 0.258. The van der Waals surface area contributed by atoms with Gasteiger partial charge in [0.2, 0.25) is 0 Å². The number of hydrogen-bond acceptors (Lipinski definition) is 3. The van der Waals surface area contributed by atoms with Crippen LogP contribution >= 0.6 is 0 Å². The van der Waals surface area contributed by atoms with E-state index >= 15 is 0 Å². The summed E-state index contributed by atoms with van der Waals surface area (Å²) in [6.07, 6.45) is 1.99. The lowest BCUT2D eigenvalue weighted by atomic mass is 10.2. The van der Waals surface area contributed by atoms with Crippen molar-refractivity contribution in [3.63, 3.8) is 0 Å². The van der Waals surface area contributed by atoms with Crippen LogP contribution in [0.5, 0.6) is 0 Å². The second-order valence-corrected chi connectivity index (χ2v) is 5.93. The van der Waals surface area contributed by atoms with Crippen molar-refractivity contribution in [2.75, 3.05) is 33.2 Å². The number of nitrogens with one attached hydrogen (secondary N) is 1. The molecule has 0 spiro atoms. The highest BCUT2D eigenvalue weighted by atomic mass is 32.2. The fourth-order valence-corrected chi connectivity index (χ4v) is 3.43. The minimum absolute atomic E-state index is 0.153. The highest BCUT2D eigenvalue weighted by molar-refractivity contribution is 7.86. The molecule has 0 aliphatic carbocycles. The zero-order valence-corrected chi connectivity index (χ0v) is 9.26. The highest BCUT2D eigenvalue weighted by Crippen LogP contribution is 2.18. The molecular formula is C8H17N3O2S. The molecule has 2 aliphatic heterocycles. The molecule has 0 atom stereocenters. The summed E-state index contributed by atoms with van der Waals surface area (Å²) in [4.78, 5) is 0. The van der Waals surface area contributed by atoms with E-state index in [0.717, 1.165) is 25.9 Å². The van der Waals surface area contributed by atoms with Gasteiger partial charge in [0, 0.05) is 33.2 Å². The van der Waals surface area contributed by atoms with Crippen LogP contribution in [-0.2, 0) is 10.2 Å². The van der Waals surface area contributed by atoms with E-state index in [4.69, 9.17) is 0 Å². The van der Waals surface area contributed by atoms with E-state index in [-0.39, 0.29) is 6.04 Å². The Morgan fingerprint density at radius 2 is 1.86 bits per heavy atom.